The Morgan fingerprint density at radius 2 is 1.82 bits per heavy atom. The van der Waals surface area contributed by atoms with E-state index in [-0.39, 0.29) is 44.1 Å². The third-order valence-corrected chi connectivity index (χ3v) is 11.5. The molecule has 0 aliphatic carbocycles. The third kappa shape index (κ3) is 4.37. The molecule has 2 aliphatic heterocycles. The van der Waals surface area contributed by atoms with Crippen molar-refractivity contribution in [2.45, 2.75) is 25.1 Å². The number of sulfone groups is 1. The molecule has 178 valence electrons. The number of halogens is 2. The molecule has 0 N–H and O–H groups in total. The standard InChI is InChI=1S/C26H25FIN2O3S/c1-3-34(32,33)15-16-4-6-21-23(8-16)24-14-30(2)25(31)9-17(24)13-29-26(21)20-7-5-19(27)10-22(20)18-11-28-12-18/h4-10,14,18H,3,11-13,15H2,1-2H3/q-1. The molecule has 5 nitrogen and oxygen atoms in total. The van der Waals surface area contributed by atoms with Gasteiger partial charge in [0.05, 0.1) is 0 Å². The van der Waals surface area contributed by atoms with Crippen LogP contribution in [0.1, 0.15) is 40.7 Å². The molecule has 1 saturated heterocycles. The molecule has 2 aromatic carbocycles. The van der Waals surface area contributed by atoms with E-state index in [2.05, 4.69) is 0 Å². The van der Waals surface area contributed by atoms with Crippen molar-refractivity contribution >= 4 is 15.5 Å². The summed E-state index contributed by atoms with van der Waals surface area (Å²) in [7, 11) is -1.50. The van der Waals surface area contributed by atoms with Crippen LogP contribution < -0.4 is 26.8 Å². The van der Waals surface area contributed by atoms with Gasteiger partial charge < -0.3 is 0 Å². The second-order valence-electron chi connectivity index (χ2n) is 8.81. The maximum atomic E-state index is 14.2. The molecule has 1 fully saturated rings. The summed E-state index contributed by atoms with van der Waals surface area (Å²) in [5, 5.41) is 0. The van der Waals surface area contributed by atoms with E-state index in [1.54, 1.807) is 32.3 Å². The SMILES string of the molecule is CCS(=O)(=O)Cc1ccc2c(c1)-c1cn(C)c(=O)cc1CN=C2c1ccc(F)cc1C1C[I-]C1. The van der Waals surface area contributed by atoms with Gasteiger partial charge in [0.25, 0.3) is 0 Å². The Morgan fingerprint density at radius 3 is 2.53 bits per heavy atom. The molecule has 1 aromatic heterocycles. The van der Waals surface area contributed by atoms with Gasteiger partial charge in [-0.3, -0.25) is 0 Å². The van der Waals surface area contributed by atoms with E-state index in [1.165, 1.54) is 10.6 Å². The first-order valence-electron chi connectivity index (χ1n) is 11.2. The van der Waals surface area contributed by atoms with Crippen molar-refractivity contribution in [2.75, 3.05) is 14.6 Å². The van der Waals surface area contributed by atoms with E-state index < -0.39 is 9.84 Å². The Labute approximate surface area is 208 Å². The summed E-state index contributed by atoms with van der Waals surface area (Å²) in [5.41, 5.74) is 6.65. The van der Waals surface area contributed by atoms with Crippen molar-refractivity contribution in [3.05, 3.63) is 92.6 Å². The molecule has 34 heavy (non-hydrogen) atoms. The summed E-state index contributed by atoms with van der Waals surface area (Å²) in [6.45, 7) is 1.97. The molecule has 0 saturated carbocycles. The molecule has 8 heteroatoms. The van der Waals surface area contributed by atoms with Crippen LogP contribution in [0.15, 0.2) is 58.4 Å². The first kappa shape index (κ1) is 23.4. The average Bonchev–Trinajstić information content (AvgIpc) is 2.90. The van der Waals surface area contributed by atoms with Gasteiger partial charge in [-0.15, -0.1) is 0 Å². The Morgan fingerprint density at radius 1 is 1.06 bits per heavy atom. The number of pyridine rings is 1. The van der Waals surface area contributed by atoms with Crippen molar-refractivity contribution in [3.8, 4) is 11.1 Å². The maximum absolute atomic E-state index is 14.2. The molecule has 0 unspecified atom stereocenters. The second-order valence-corrected chi connectivity index (χ2v) is 14.0. The van der Waals surface area contributed by atoms with Gasteiger partial charge in [0.2, 0.25) is 0 Å². The number of benzene rings is 2. The number of aromatic nitrogens is 1. The number of fused-ring (bicyclic) bond motifs is 3. The number of alkyl halides is 2. The molecule has 0 radical (unpaired) electrons. The molecule has 2 aliphatic rings. The summed E-state index contributed by atoms with van der Waals surface area (Å²) in [4.78, 5) is 17.3. The second kappa shape index (κ2) is 9.03. The number of hydrogen-bond acceptors (Lipinski definition) is 4. The van der Waals surface area contributed by atoms with Gasteiger partial charge in [-0.1, -0.05) is 6.92 Å². The summed E-state index contributed by atoms with van der Waals surface area (Å²) in [6, 6.07) is 12.2. The van der Waals surface area contributed by atoms with Crippen LogP contribution in [0.2, 0.25) is 0 Å². The minimum absolute atomic E-state index is 0.0438. The summed E-state index contributed by atoms with van der Waals surface area (Å²) in [6.07, 6.45) is 1.80. The number of hydrogen-bond donors (Lipinski definition) is 0. The van der Waals surface area contributed by atoms with E-state index in [0.29, 0.717) is 18.0 Å². The van der Waals surface area contributed by atoms with Crippen LogP contribution in [0.4, 0.5) is 4.39 Å². The van der Waals surface area contributed by atoms with Crippen LogP contribution in [0.3, 0.4) is 0 Å². The van der Waals surface area contributed by atoms with Crippen LogP contribution in [0, 0.1) is 5.82 Å². The molecule has 0 spiro atoms. The normalized spacial score (nSPS) is 15.9. The summed E-state index contributed by atoms with van der Waals surface area (Å²) in [5.74, 6) is 0.142. The first-order chi connectivity index (χ1) is 16.3. The van der Waals surface area contributed by atoms with Crippen molar-refractivity contribution in [2.24, 2.45) is 12.0 Å². The predicted molar refractivity (Wildman–Crippen MR) is 129 cm³/mol. The van der Waals surface area contributed by atoms with Gasteiger partial charge in [-0.05, 0) is 0 Å². The Bertz CT molecular complexity index is 1490. The fraction of sp³-hybridized carbons (Fsp3) is 0.308. The molecule has 3 aromatic rings. The summed E-state index contributed by atoms with van der Waals surface area (Å²) < 4.78 is 42.7. The van der Waals surface area contributed by atoms with Crippen molar-refractivity contribution < 1.29 is 34.0 Å². The minimum atomic E-state index is -3.21. The fourth-order valence-electron chi connectivity index (χ4n) is 4.46. The molecular weight excluding hydrogens is 566 g/mol. The van der Waals surface area contributed by atoms with Crippen LogP contribution in [0.5, 0.6) is 0 Å². The van der Waals surface area contributed by atoms with Gasteiger partial charge in [0, 0.05) is 0 Å². The average molecular weight is 591 g/mol. The molecule has 0 bridgehead atoms. The Hall–Kier alpha value is -2.33. The van der Waals surface area contributed by atoms with Gasteiger partial charge in [0.15, 0.2) is 0 Å². The van der Waals surface area contributed by atoms with E-state index in [0.717, 1.165) is 47.9 Å². The quantitative estimate of drug-likeness (QED) is 0.324. The van der Waals surface area contributed by atoms with Crippen molar-refractivity contribution in [1.82, 2.24) is 4.57 Å². The monoisotopic (exact) mass is 591 g/mol. The van der Waals surface area contributed by atoms with E-state index >= 15 is 0 Å². The molecule has 5 rings (SSSR count). The van der Waals surface area contributed by atoms with E-state index in [9.17, 15) is 17.6 Å². The molecule has 0 atom stereocenters. The van der Waals surface area contributed by atoms with Gasteiger partial charge in [-0.2, -0.15) is 0 Å². The van der Waals surface area contributed by atoms with Gasteiger partial charge >= 0.3 is 203 Å². The zero-order chi connectivity index (χ0) is 24.0. The zero-order valence-electron chi connectivity index (χ0n) is 19.0. The molecule has 3 heterocycles. The van der Waals surface area contributed by atoms with E-state index in [1.807, 2.05) is 24.3 Å². The third-order valence-electron chi connectivity index (χ3n) is 6.48. The van der Waals surface area contributed by atoms with Crippen LogP contribution >= 0.6 is 0 Å². The molecule has 0 amide bonds. The Balaban J connectivity index is 1.73. The van der Waals surface area contributed by atoms with E-state index in [4.69, 9.17) is 4.99 Å². The van der Waals surface area contributed by atoms with Crippen molar-refractivity contribution in [3.63, 3.8) is 0 Å². The number of aryl methyl sites for hydroxylation is 1. The Kier molecular flexibility index (Phi) is 6.22. The van der Waals surface area contributed by atoms with Gasteiger partial charge in [-0.25, -0.2) is 0 Å². The fourth-order valence-corrected chi connectivity index (χ4v) is 7.55. The topological polar surface area (TPSA) is 68.5 Å². The van der Waals surface area contributed by atoms with Crippen molar-refractivity contribution in [1.29, 1.82) is 0 Å². The number of nitrogens with zero attached hydrogens (tertiary/aromatic N) is 2. The number of rotatable bonds is 5. The number of aliphatic imine (C=N–C) groups is 1. The van der Waals surface area contributed by atoms with Crippen LogP contribution in [-0.4, -0.2) is 33.3 Å². The summed E-state index contributed by atoms with van der Waals surface area (Å²) >= 11 is 0.202. The first-order valence-corrected chi connectivity index (χ1v) is 16.0. The predicted octanol–water partition coefficient (Wildman–Crippen LogP) is 0.663. The van der Waals surface area contributed by atoms with Gasteiger partial charge in [0.1, 0.15) is 0 Å². The molecular formula is C26H25FIN2O3S-. The van der Waals surface area contributed by atoms with Crippen LogP contribution in [0.25, 0.3) is 11.1 Å². The van der Waals surface area contributed by atoms with Crippen LogP contribution in [-0.2, 0) is 29.2 Å². The zero-order valence-corrected chi connectivity index (χ0v) is 22.0.